The molecule has 1 aliphatic rings. The van der Waals surface area contributed by atoms with Crippen LogP contribution in [-0.2, 0) is 0 Å². The predicted molar refractivity (Wildman–Crippen MR) is 46.0 cm³/mol. The van der Waals surface area contributed by atoms with E-state index in [1.54, 1.807) is 5.57 Å². The molecule has 0 nitrogen and oxygen atoms in total. The lowest BCUT2D eigenvalue weighted by Crippen LogP contribution is -1.74. The van der Waals surface area contributed by atoms with Gasteiger partial charge in [-0.05, 0) is 32.6 Å². The molecule has 0 heteroatoms. The minimum atomic E-state index is 1.29. The van der Waals surface area contributed by atoms with Crippen LogP contribution in [-0.4, -0.2) is 0 Å². The number of hydrogen-bond donors (Lipinski definition) is 0. The Bertz CT molecular complexity index is 140. The van der Waals surface area contributed by atoms with Crippen molar-refractivity contribution in [1.29, 1.82) is 0 Å². The zero-order valence-corrected chi connectivity index (χ0v) is 6.77. The first-order chi connectivity index (χ1) is 4.93. The summed E-state index contributed by atoms with van der Waals surface area (Å²) in [4.78, 5) is 0. The van der Waals surface area contributed by atoms with Crippen molar-refractivity contribution in [3.63, 3.8) is 0 Å². The van der Waals surface area contributed by atoms with Gasteiger partial charge in [0.1, 0.15) is 0 Å². The second kappa shape index (κ2) is 4.32. The van der Waals surface area contributed by atoms with Crippen LogP contribution in [0.5, 0.6) is 0 Å². The predicted octanol–water partition coefficient (Wildman–Crippen LogP) is 3.45. The summed E-state index contributed by atoms with van der Waals surface area (Å²) in [6, 6.07) is 0. The quantitative estimate of drug-likeness (QED) is 0.518. The molecule has 0 unspecified atom stereocenters. The highest BCUT2D eigenvalue weighted by Crippen LogP contribution is 2.17. The molecule has 0 fully saturated rings. The molecule has 0 bridgehead atoms. The highest BCUT2D eigenvalue weighted by Gasteiger charge is 1.97. The molecule has 0 atom stereocenters. The van der Waals surface area contributed by atoms with E-state index in [1.165, 1.54) is 32.1 Å². The summed E-state index contributed by atoms with van der Waals surface area (Å²) in [5, 5.41) is 0. The third-order valence-electron chi connectivity index (χ3n) is 1.96. The van der Waals surface area contributed by atoms with Gasteiger partial charge in [0, 0.05) is 0 Å². The Morgan fingerprint density at radius 2 is 2.20 bits per heavy atom. The van der Waals surface area contributed by atoms with Crippen molar-refractivity contribution in [2.24, 2.45) is 0 Å². The summed E-state index contributed by atoms with van der Waals surface area (Å²) in [7, 11) is 0. The zero-order valence-electron chi connectivity index (χ0n) is 6.77. The van der Waals surface area contributed by atoms with Crippen molar-refractivity contribution >= 4 is 0 Å². The molecule has 56 valence electrons. The van der Waals surface area contributed by atoms with E-state index in [0.29, 0.717) is 0 Å². The molecular formula is C10H16. The van der Waals surface area contributed by atoms with Gasteiger partial charge in [-0.15, -0.1) is 0 Å². The molecule has 0 radical (unpaired) electrons. The van der Waals surface area contributed by atoms with Crippen molar-refractivity contribution in [1.82, 2.24) is 0 Å². The van der Waals surface area contributed by atoms with Gasteiger partial charge < -0.3 is 0 Å². The highest BCUT2D eigenvalue weighted by molar-refractivity contribution is 5.18. The zero-order chi connectivity index (χ0) is 7.23. The Kier molecular flexibility index (Phi) is 3.28. The van der Waals surface area contributed by atoms with Crippen molar-refractivity contribution in [2.75, 3.05) is 0 Å². The lowest BCUT2D eigenvalue weighted by molar-refractivity contribution is 0.713. The van der Waals surface area contributed by atoms with Gasteiger partial charge in [0.05, 0.1) is 0 Å². The van der Waals surface area contributed by atoms with Crippen molar-refractivity contribution in [3.05, 3.63) is 23.8 Å². The standard InChI is InChI=1S/C10H16/c1-2-7-10-8-5-3-4-6-9-10/h2,7-8H,3-6,9H2,1H3/b7-2+. The maximum atomic E-state index is 2.38. The van der Waals surface area contributed by atoms with Crippen molar-refractivity contribution in [2.45, 2.75) is 39.0 Å². The summed E-state index contributed by atoms with van der Waals surface area (Å²) in [6.45, 7) is 2.09. The van der Waals surface area contributed by atoms with Crippen LogP contribution in [0.1, 0.15) is 39.0 Å². The molecule has 0 aromatic rings. The summed E-state index contributed by atoms with van der Waals surface area (Å²) in [6.07, 6.45) is 13.5. The third kappa shape index (κ3) is 2.38. The summed E-state index contributed by atoms with van der Waals surface area (Å²) < 4.78 is 0. The van der Waals surface area contributed by atoms with Crippen molar-refractivity contribution in [3.8, 4) is 0 Å². The van der Waals surface area contributed by atoms with Gasteiger partial charge in [-0.2, -0.15) is 0 Å². The van der Waals surface area contributed by atoms with Crippen LogP contribution in [0.4, 0.5) is 0 Å². The van der Waals surface area contributed by atoms with Gasteiger partial charge >= 0.3 is 0 Å². The highest BCUT2D eigenvalue weighted by atomic mass is 14.0. The van der Waals surface area contributed by atoms with E-state index in [2.05, 4.69) is 25.2 Å². The largest absolute Gasteiger partial charge is 0.0874 e. The fourth-order valence-corrected chi connectivity index (χ4v) is 1.41. The second-order valence-electron chi connectivity index (χ2n) is 2.88. The van der Waals surface area contributed by atoms with Crippen LogP contribution < -0.4 is 0 Å². The number of rotatable bonds is 1. The van der Waals surface area contributed by atoms with Crippen LogP contribution in [0.15, 0.2) is 23.8 Å². The van der Waals surface area contributed by atoms with Crippen LogP contribution in [0.25, 0.3) is 0 Å². The average Bonchev–Trinajstić information content (AvgIpc) is 2.17. The first-order valence-corrected chi connectivity index (χ1v) is 4.25. The first kappa shape index (κ1) is 7.59. The number of allylic oxidation sites excluding steroid dienone is 4. The SMILES string of the molecule is C/C=C/C1=CCCCCC1. The molecular weight excluding hydrogens is 120 g/mol. The summed E-state index contributed by atoms with van der Waals surface area (Å²) in [5.74, 6) is 0. The number of hydrogen-bond acceptors (Lipinski definition) is 0. The molecule has 0 aromatic carbocycles. The molecule has 0 N–H and O–H groups in total. The Morgan fingerprint density at radius 3 is 3.00 bits per heavy atom. The molecule has 0 spiro atoms. The van der Waals surface area contributed by atoms with Gasteiger partial charge in [0.25, 0.3) is 0 Å². The normalized spacial score (nSPS) is 20.7. The molecule has 10 heavy (non-hydrogen) atoms. The second-order valence-corrected chi connectivity index (χ2v) is 2.88. The summed E-state index contributed by atoms with van der Waals surface area (Å²) in [5.41, 5.74) is 1.54. The molecule has 1 rings (SSSR count). The van der Waals surface area contributed by atoms with E-state index < -0.39 is 0 Å². The van der Waals surface area contributed by atoms with Crippen LogP contribution in [0.3, 0.4) is 0 Å². The molecule has 1 aliphatic carbocycles. The average molecular weight is 136 g/mol. The topological polar surface area (TPSA) is 0 Å². The smallest absolute Gasteiger partial charge is 0.0282 e. The van der Waals surface area contributed by atoms with Crippen LogP contribution in [0, 0.1) is 0 Å². The van der Waals surface area contributed by atoms with Crippen LogP contribution >= 0.6 is 0 Å². The maximum Gasteiger partial charge on any atom is -0.0282 e. The van der Waals surface area contributed by atoms with Gasteiger partial charge in [0.15, 0.2) is 0 Å². The van der Waals surface area contributed by atoms with Gasteiger partial charge in [-0.25, -0.2) is 0 Å². The fourth-order valence-electron chi connectivity index (χ4n) is 1.41. The van der Waals surface area contributed by atoms with E-state index in [-0.39, 0.29) is 0 Å². The van der Waals surface area contributed by atoms with E-state index in [0.717, 1.165) is 0 Å². The Labute approximate surface area is 63.6 Å². The van der Waals surface area contributed by atoms with E-state index in [1.807, 2.05) is 0 Å². The van der Waals surface area contributed by atoms with E-state index in [9.17, 15) is 0 Å². The lowest BCUT2D eigenvalue weighted by atomic mass is 10.1. The third-order valence-corrected chi connectivity index (χ3v) is 1.96. The summed E-state index contributed by atoms with van der Waals surface area (Å²) >= 11 is 0. The van der Waals surface area contributed by atoms with Crippen LogP contribution in [0.2, 0.25) is 0 Å². The monoisotopic (exact) mass is 136 g/mol. The van der Waals surface area contributed by atoms with Gasteiger partial charge in [-0.3, -0.25) is 0 Å². The maximum absolute atomic E-state index is 2.38. The van der Waals surface area contributed by atoms with Crippen molar-refractivity contribution < 1.29 is 0 Å². The molecule has 0 saturated carbocycles. The molecule has 0 saturated heterocycles. The Balaban J connectivity index is 2.46. The van der Waals surface area contributed by atoms with E-state index >= 15 is 0 Å². The lowest BCUT2D eigenvalue weighted by Gasteiger charge is -1.94. The molecule has 0 aliphatic heterocycles. The molecule has 0 amide bonds. The first-order valence-electron chi connectivity index (χ1n) is 4.25. The minimum Gasteiger partial charge on any atom is -0.0874 e. The van der Waals surface area contributed by atoms with Gasteiger partial charge in [0.2, 0.25) is 0 Å². The fraction of sp³-hybridized carbons (Fsp3) is 0.600. The Morgan fingerprint density at radius 1 is 1.30 bits per heavy atom. The minimum absolute atomic E-state index is 1.29. The van der Waals surface area contributed by atoms with Gasteiger partial charge in [-0.1, -0.05) is 30.2 Å². The molecule has 0 heterocycles. The molecule has 0 aromatic heterocycles. The van der Waals surface area contributed by atoms with E-state index in [4.69, 9.17) is 0 Å². The Hall–Kier alpha value is -0.520.